The first kappa shape index (κ1) is 15.4. The first-order chi connectivity index (χ1) is 11.0. The molecule has 0 aliphatic carbocycles. The Labute approximate surface area is 141 Å². The molecule has 0 bridgehead atoms. The van der Waals surface area contributed by atoms with E-state index in [1.165, 1.54) is 6.21 Å². The summed E-state index contributed by atoms with van der Waals surface area (Å²) in [5.41, 5.74) is 2.63. The summed E-state index contributed by atoms with van der Waals surface area (Å²) < 4.78 is 6.22. The van der Waals surface area contributed by atoms with Gasteiger partial charge in [0, 0.05) is 21.4 Å². The van der Waals surface area contributed by atoms with E-state index in [1.807, 2.05) is 44.2 Å². The predicted molar refractivity (Wildman–Crippen MR) is 90.1 cm³/mol. The number of rotatable bonds is 3. The minimum atomic E-state index is -0.295. The zero-order valence-electron chi connectivity index (χ0n) is 12.5. The normalized spacial score (nSPS) is 11.3. The Kier molecular flexibility index (Phi) is 4.20. The molecule has 3 aromatic rings. The minimum Gasteiger partial charge on any atom is -0.479 e. The van der Waals surface area contributed by atoms with Crippen LogP contribution in [0.2, 0.25) is 0 Å². The molecule has 0 fully saturated rings. The van der Waals surface area contributed by atoms with Gasteiger partial charge < -0.3 is 9.52 Å². The highest BCUT2D eigenvalue weighted by atomic mass is 79.9. The lowest BCUT2D eigenvalue weighted by Crippen LogP contribution is -1.90. The number of hydrogen-bond acceptors (Lipinski definition) is 6. The van der Waals surface area contributed by atoms with Crippen LogP contribution in [0.4, 0.5) is 5.95 Å². The summed E-state index contributed by atoms with van der Waals surface area (Å²) >= 11 is 3.36. The molecule has 23 heavy (non-hydrogen) atoms. The van der Waals surface area contributed by atoms with Crippen molar-refractivity contribution >= 4 is 28.1 Å². The molecular formula is C16H13BrN4O2. The number of aromatic hydroxyl groups is 1. The van der Waals surface area contributed by atoms with Crippen molar-refractivity contribution in [3.05, 3.63) is 51.9 Å². The summed E-state index contributed by atoms with van der Waals surface area (Å²) in [6, 6.07) is 9.27. The number of nitrogens with zero attached hydrogens (tertiary/aromatic N) is 4. The van der Waals surface area contributed by atoms with Gasteiger partial charge in [-0.05, 0) is 44.2 Å². The molecule has 0 spiro atoms. The van der Waals surface area contributed by atoms with E-state index in [0.29, 0.717) is 11.8 Å². The fourth-order valence-electron chi connectivity index (χ4n) is 2.01. The molecule has 0 unspecified atom stereocenters. The summed E-state index contributed by atoms with van der Waals surface area (Å²) in [6.07, 6.45) is 1.38. The maximum Gasteiger partial charge on any atom is 0.312 e. The van der Waals surface area contributed by atoms with E-state index in [9.17, 15) is 5.11 Å². The third-order valence-corrected chi connectivity index (χ3v) is 3.53. The van der Waals surface area contributed by atoms with E-state index in [0.717, 1.165) is 21.4 Å². The smallest absolute Gasteiger partial charge is 0.312 e. The minimum absolute atomic E-state index is 0.227. The summed E-state index contributed by atoms with van der Waals surface area (Å²) in [6.45, 7) is 3.74. The number of aryl methyl sites for hydroxylation is 2. The van der Waals surface area contributed by atoms with Crippen LogP contribution < -0.4 is 0 Å². The van der Waals surface area contributed by atoms with Crippen LogP contribution in [-0.2, 0) is 0 Å². The highest BCUT2D eigenvalue weighted by molar-refractivity contribution is 9.10. The van der Waals surface area contributed by atoms with Crippen molar-refractivity contribution in [1.29, 1.82) is 0 Å². The molecule has 0 atom stereocenters. The molecule has 0 aliphatic heterocycles. The molecular weight excluding hydrogens is 360 g/mol. The second-order valence-corrected chi connectivity index (χ2v) is 5.84. The average Bonchev–Trinajstić information content (AvgIpc) is 2.86. The molecule has 0 saturated heterocycles. The second kappa shape index (κ2) is 6.29. The van der Waals surface area contributed by atoms with Crippen LogP contribution in [0.15, 0.2) is 44.2 Å². The maximum absolute atomic E-state index is 9.86. The third-order valence-electron chi connectivity index (χ3n) is 3.00. The van der Waals surface area contributed by atoms with Crippen molar-refractivity contribution in [3.63, 3.8) is 0 Å². The topological polar surface area (TPSA) is 84.4 Å². The Balaban J connectivity index is 1.89. The van der Waals surface area contributed by atoms with Gasteiger partial charge in [0.2, 0.25) is 11.8 Å². The standard InChI is InChI=1S/C16H13BrN4O2/c1-9-7-10(2)20-16(19-9)18-8-13-15(22)23-14(21-13)11-3-5-12(17)6-4-11/h3-8,22H,1-2H3/b18-8+. The van der Waals surface area contributed by atoms with Gasteiger partial charge in [-0.15, -0.1) is 0 Å². The van der Waals surface area contributed by atoms with Crippen molar-refractivity contribution in [3.8, 4) is 17.4 Å². The highest BCUT2D eigenvalue weighted by Crippen LogP contribution is 2.26. The SMILES string of the molecule is Cc1cc(C)nc(/N=C/c2nc(-c3ccc(Br)cc3)oc2O)n1. The number of aliphatic imine (C=N–C) groups is 1. The quantitative estimate of drug-likeness (QED) is 0.703. The van der Waals surface area contributed by atoms with Crippen LogP contribution in [0.1, 0.15) is 17.1 Å². The molecule has 0 saturated carbocycles. The summed E-state index contributed by atoms with van der Waals surface area (Å²) in [4.78, 5) is 16.8. The molecule has 1 N–H and O–H groups in total. The first-order valence-electron chi connectivity index (χ1n) is 6.83. The van der Waals surface area contributed by atoms with Crippen LogP contribution in [0, 0.1) is 13.8 Å². The highest BCUT2D eigenvalue weighted by Gasteiger charge is 2.12. The molecule has 1 aromatic carbocycles. The van der Waals surface area contributed by atoms with Gasteiger partial charge in [-0.25, -0.2) is 19.9 Å². The molecule has 3 rings (SSSR count). The van der Waals surface area contributed by atoms with Gasteiger partial charge in [-0.1, -0.05) is 15.9 Å². The largest absolute Gasteiger partial charge is 0.479 e. The van der Waals surface area contributed by atoms with Crippen molar-refractivity contribution < 1.29 is 9.52 Å². The second-order valence-electron chi connectivity index (χ2n) is 4.93. The zero-order chi connectivity index (χ0) is 16.4. The average molecular weight is 373 g/mol. The third kappa shape index (κ3) is 3.62. The number of oxazole rings is 1. The molecule has 2 heterocycles. The van der Waals surface area contributed by atoms with E-state index in [-0.39, 0.29) is 11.6 Å². The molecule has 0 aliphatic rings. The van der Waals surface area contributed by atoms with Crippen LogP contribution in [-0.4, -0.2) is 26.3 Å². The van der Waals surface area contributed by atoms with Gasteiger partial charge in [-0.3, -0.25) is 0 Å². The molecule has 7 heteroatoms. The van der Waals surface area contributed by atoms with Crippen molar-refractivity contribution in [2.24, 2.45) is 4.99 Å². The maximum atomic E-state index is 9.86. The molecule has 6 nitrogen and oxygen atoms in total. The van der Waals surface area contributed by atoms with E-state index in [2.05, 4.69) is 35.9 Å². The van der Waals surface area contributed by atoms with Crippen LogP contribution in [0.5, 0.6) is 5.95 Å². The van der Waals surface area contributed by atoms with Crippen LogP contribution in [0.3, 0.4) is 0 Å². The Morgan fingerprint density at radius 1 is 1.09 bits per heavy atom. The van der Waals surface area contributed by atoms with E-state index >= 15 is 0 Å². The molecule has 116 valence electrons. The lowest BCUT2D eigenvalue weighted by molar-refractivity contribution is 0.337. The van der Waals surface area contributed by atoms with Gasteiger partial charge in [0.05, 0.1) is 6.21 Å². The van der Waals surface area contributed by atoms with E-state index in [4.69, 9.17) is 4.42 Å². The summed E-state index contributed by atoms with van der Waals surface area (Å²) in [5, 5.41) is 9.86. The van der Waals surface area contributed by atoms with Crippen LogP contribution in [0.25, 0.3) is 11.5 Å². The molecule has 0 radical (unpaired) electrons. The number of aromatic nitrogens is 3. The lowest BCUT2D eigenvalue weighted by atomic mass is 10.2. The van der Waals surface area contributed by atoms with Crippen molar-refractivity contribution in [1.82, 2.24) is 15.0 Å². The van der Waals surface area contributed by atoms with E-state index < -0.39 is 0 Å². The van der Waals surface area contributed by atoms with Crippen molar-refractivity contribution in [2.75, 3.05) is 0 Å². The Hall–Kier alpha value is -2.54. The van der Waals surface area contributed by atoms with Gasteiger partial charge in [0.1, 0.15) is 0 Å². The van der Waals surface area contributed by atoms with Gasteiger partial charge >= 0.3 is 5.95 Å². The lowest BCUT2D eigenvalue weighted by Gasteiger charge is -1.96. The fraction of sp³-hybridized carbons (Fsp3) is 0.125. The van der Waals surface area contributed by atoms with Gasteiger partial charge in [0.25, 0.3) is 0 Å². The number of halogens is 1. The Bertz CT molecular complexity index is 852. The Morgan fingerprint density at radius 3 is 2.39 bits per heavy atom. The monoisotopic (exact) mass is 372 g/mol. The number of benzene rings is 1. The van der Waals surface area contributed by atoms with Crippen molar-refractivity contribution in [2.45, 2.75) is 13.8 Å². The first-order valence-corrected chi connectivity index (χ1v) is 7.62. The Morgan fingerprint density at radius 2 is 1.74 bits per heavy atom. The summed E-state index contributed by atoms with van der Waals surface area (Å²) in [7, 11) is 0. The molecule has 2 aromatic heterocycles. The zero-order valence-corrected chi connectivity index (χ0v) is 14.1. The number of hydrogen-bond donors (Lipinski definition) is 1. The van der Waals surface area contributed by atoms with Crippen LogP contribution >= 0.6 is 15.9 Å². The van der Waals surface area contributed by atoms with Gasteiger partial charge in [0.15, 0.2) is 5.69 Å². The predicted octanol–water partition coefficient (Wildman–Crippen LogP) is 3.97. The summed E-state index contributed by atoms with van der Waals surface area (Å²) in [5.74, 6) is 0.337. The van der Waals surface area contributed by atoms with E-state index in [1.54, 1.807) is 0 Å². The molecule has 0 amide bonds. The van der Waals surface area contributed by atoms with Gasteiger partial charge in [-0.2, -0.15) is 0 Å². The fourth-order valence-corrected chi connectivity index (χ4v) is 2.27.